The van der Waals surface area contributed by atoms with Crippen molar-refractivity contribution >= 4 is 32.0 Å². The lowest BCUT2D eigenvalue weighted by Crippen LogP contribution is -2.45. The Morgan fingerprint density at radius 1 is 1.15 bits per heavy atom. The third kappa shape index (κ3) is 4.97. The van der Waals surface area contributed by atoms with E-state index in [0.29, 0.717) is 31.5 Å². The Morgan fingerprint density at radius 3 is 2.76 bits per heavy atom. The maximum atomic E-state index is 13.2. The van der Waals surface area contributed by atoms with Crippen molar-refractivity contribution in [2.45, 2.75) is 64.4 Å². The van der Waals surface area contributed by atoms with Crippen LogP contribution in [0.15, 0.2) is 24.8 Å². The van der Waals surface area contributed by atoms with Crippen LogP contribution in [0.2, 0.25) is 0 Å². The molecule has 34 heavy (non-hydrogen) atoms. The van der Waals surface area contributed by atoms with Crippen LogP contribution in [0, 0.1) is 11.8 Å². The lowest BCUT2D eigenvalue weighted by molar-refractivity contribution is 0.00547. The zero-order chi connectivity index (χ0) is 23.7. The number of rotatable bonds is 7. The molecule has 2 aliphatic rings. The molecule has 0 bridgehead atoms. The van der Waals surface area contributed by atoms with Crippen molar-refractivity contribution in [3.05, 3.63) is 30.5 Å². The topological polar surface area (TPSA) is 101 Å². The molecule has 1 saturated carbocycles. The fourth-order valence-corrected chi connectivity index (χ4v) is 7.46. The van der Waals surface area contributed by atoms with E-state index in [1.165, 1.54) is 0 Å². The molecule has 0 radical (unpaired) electrons. The maximum Gasteiger partial charge on any atom is 0.214 e. The first-order chi connectivity index (χ1) is 16.4. The van der Waals surface area contributed by atoms with Crippen LogP contribution in [0.3, 0.4) is 0 Å². The minimum Gasteiger partial charge on any atom is -0.377 e. The second kappa shape index (κ2) is 9.87. The van der Waals surface area contributed by atoms with Crippen molar-refractivity contribution in [3.8, 4) is 0 Å². The summed E-state index contributed by atoms with van der Waals surface area (Å²) >= 11 is 0. The maximum absolute atomic E-state index is 13.2. The van der Waals surface area contributed by atoms with Crippen molar-refractivity contribution in [1.29, 1.82) is 0 Å². The molecule has 0 aromatic carbocycles. The predicted octanol–water partition coefficient (Wildman–Crippen LogP) is 4.25. The highest BCUT2D eigenvalue weighted by Gasteiger charge is 2.34. The van der Waals surface area contributed by atoms with Crippen LogP contribution in [-0.2, 0) is 14.8 Å². The van der Waals surface area contributed by atoms with Gasteiger partial charge in [-0.05, 0) is 56.4 Å². The number of hydrogen-bond donors (Lipinski definition) is 1. The van der Waals surface area contributed by atoms with Gasteiger partial charge in [0, 0.05) is 42.6 Å². The van der Waals surface area contributed by atoms with Crippen molar-refractivity contribution in [2.75, 3.05) is 25.4 Å². The molecule has 1 aliphatic heterocycles. The standard InChI is InChI=1S/C25H35N5O3S/c1-17(2)14-33-20-4-3-11-30(13-20)34(31,32)15-18-5-7-19(8-6-18)24-23-21-9-10-26-25(21)27-12-22(23)28-16-29-24/h9-10,12,16-20H,3-8,11,13-15H2,1-2H3,(H,26,27). The number of nitrogens with zero attached hydrogens (tertiary/aromatic N) is 4. The van der Waals surface area contributed by atoms with E-state index in [1.807, 2.05) is 12.3 Å². The lowest BCUT2D eigenvalue weighted by atomic mass is 9.80. The summed E-state index contributed by atoms with van der Waals surface area (Å²) in [5, 5.41) is 2.13. The second-order valence-corrected chi connectivity index (χ2v) is 12.4. The van der Waals surface area contributed by atoms with Gasteiger partial charge in [-0.1, -0.05) is 13.8 Å². The molecule has 8 nitrogen and oxygen atoms in total. The van der Waals surface area contributed by atoms with Gasteiger partial charge in [0.2, 0.25) is 10.0 Å². The molecule has 1 atom stereocenters. The Labute approximate surface area is 201 Å². The van der Waals surface area contributed by atoms with Crippen molar-refractivity contribution in [2.24, 2.45) is 11.8 Å². The van der Waals surface area contributed by atoms with E-state index < -0.39 is 10.0 Å². The first-order valence-electron chi connectivity index (χ1n) is 12.6. The van der Waals surface area contributed by atoms with E-state index in [0.717, 1.165) is 66.2 Å². The van der Waals surface area contributed by atoms with Gasteiger partial charge in [0.15, 0.2) is 0 Å². The van der Waals surface area contributed by atoms with Crippen LogP contribution in [0.25, 0.3) is 21.9 Å². The fourth-order valence-electron chi connectivity index (χ4n) is 5.52. The van der Waals surface area contributed by atoms with Crippen molar-refractivity contribution in [3.63, 3.8) is 0 Å². The van der Waals surface area contributed by atoms with Crippen molar-refractivity contribution < 1.29 is 13.2 Å². The van der Waals surface area contributed by atoms with Gasteiger partial charge in [0.25, 0.3) is 0 Å². The molecular formula is C25H35N5O3S. The Kier molecular flexibility index (Phi) is 6.86. The smallest absolute Gasteiger partial charge is 0.214 e. The highest BCUT2D eigenvalue weighted by molar-refractivity contribution is 7.89. The molecule has 3 aromatic heterocycles. The Bertz CT molecular complexity index is 1230. The van der Waals surface area contributed by atoms with Crippen LogP contribution in [0.1, 0.15) is 64.0 Å². The summed E-state index contributed by atoms with van der Waals surface area (Å²) in [6.45, 7) is 6.04. The van der Waals surface area contributed by atoms with E-state index in [4.69, 9.17) is 4.74 Å². The van der Waals surface area contributed by atoms with Gasteiger partial charge in [0.05, 0.1) is 29.3 Å². The number of ether oxygens (including phenoxy) is 1. The van der Waals surface area contributed by atoms with Gasteiger partial charge in [-0.25, -0.2) is 23.4 Å². The number of hydrogen-bond acceptors (Lipinski definition) is 6. The van der Waals surface area contributed by atoms with E-state index in [-0.39, 0.29) is 17.8 Å². The Balaban J connectivity index is 1.23. The minimum absolute atomic E-state index is 0.0208. The molecule has 1 aliphatic carbocycles. The van der Waals surface area contributed by atoms with Gasteiger partial charge < -0.3 is 9.72 Å². The van der Waals surface area contributed by atoms with Gasteiger partial charge in [-0.2, -0.15) is 4.31 Å². The summed E-state index contributed by atoms with van der Waals surface area (Å²) in [5.74, 6) is 1.21. The number of pyridine rings is 1. The largest absolute Gasteiger partial charge is 0.377 e. The van der Waals surface area contributed by atoms with E-state index in [1.54, 1.807) is 16.8 Å². The number of aromatic nitrogens is 4. The number of sulfonamides is 1. The zero-order valence-corrected chi connectivity index (χ0v) is 20.9. The first-order valence-corrected chi connectivity index (χ1v) is 14.2. The van der Waals surface area contributed by atoms with E-state index >= 15 is 0 Å². The fraction of sp³-hybridized carbons (Fsp3) is 0.640. The monoisotopic (exact) mass is 485 g/mol. The average molecular weight is 486 g/mol. The zero-order valence-electron chi connectivity index (χ0n) is 20.1. The molecule has 1 unspecified atom stereocenters. The summed E-state index contributed by atoms with van der Waals surface area (Å²) in [7, 11) is -3.28. The van der Waals surface area contributed by atoms with Crippen LogP contribution < -0.4 is 0 Å². The van der Waals surface area contributed by atoms with Gasteiger partial charge >= 0.3 is 0 Å². The quantitative estimate of drug-likeness (QED) is 0.537. The average Bonchev–Trinajstić information content (AvgIpc) is 3.32. The van der Waals surface area contributed by atoms with Gasteiger partial charge in [-0.3, -0.25) is 0 Å². The normalized spacial score (nSPS) is 24.9. The van der Waals surface area contributed by atoms with Crippen LogP contribution in [0.5, 0.6) is 0 Å². The van der Waals surface area contributed by atoms with E-state index in [2.05, 4.69) is 33.8 Å². The minimum atomic E-state index is -3.28. The third-order valence-electron chi connectivity index (χ3n) is 7.30. The molecule has 5 rings (SSSR count). The summed E-state index contributed by atoms with van der Waals surface area (Å²) in [6, 6.07) is 2.03. The molecule has 3 aromatic rings. The van der Waals surface area contributed by atoms with Crippen molar-refractivity contribution in [1.82, 2.24) is 24.2 Å². The first kappa shape index (κ1) is 23.6. The number of aromatic amines is 1. The number of H-pyrrole nitrogens is 1. The Morgan fingerprint density at radius 2 is 1.97 bits per heavy atom. The number of fused-ring (bicyclic) bond motifs is 3. The summed E-state index contributed by atoms with van der Waals surface area (Å²) in [6.07, 6.45) is 10.9. The number of piperidine rings is 1. The van der Waals surface area contributed by atoms with E-state index in [9.17, 15) is 8.42 Å². The molecule has 4 heterocycles. The summed E-state index contributed by atoms with van der Waals surface area (Å²) in [4.78, 5) is 16.7. The lowest BCUT2D eigenvalue weighted by Gasteiger charge is -2.34. The third-order valence-corrected chi connectivity index (χ3v) is 9.31. The van der Waals surface area contributed by atoms with Gasteiger partial charge in [-0.15, -0.1) is 0 Å². The number of nitrogens with one attached hydrogen (secondary N) is 1. The molecule has 0 amide bonds. The summed E-state index contributed by atoms with van der Waals surface area (Å²) < 4.78 is 34.1. The van der Waals surface area contributed by atoms with Crippen LogP contribution in [0.4, 0.5) is 0 Å². The second-order valence-electron chi connectivity index (χ2n) is 10.4. The summed E-state index contributed by atoms with van der Waals surface area (Å²) in [5.41, 5.74) is 2.78. The molecular weight excluding hydrogens is 450 g/mol. The Hall–Kier alpha value is -2.10. The molecule has 184 valence electrons. The molecule has 1 N–H and O–H groups in total. The highest BCUT2D eigenvalue weighted by atomic mass is 32.2. The van der Waals surface area contributed by atoms with Gasteiger partial charge in [0.1, 0.15) is 12.0 Å². The molecule has 0 spiro atoms. The SMILES string of the molecule is CC(C)COC1CCCN(S(=O)(=O)CC2CCC(c3ncnc4cnc5[nH]ccc5c34)CC2)C1. The molecule has 1 saturated heterocycles. The molecule has 9 heteroatoms. The highest BCUT2D eigenvalue weighted by Crippen LogP contribution is 2.39. The predicted molar refractivity (Wildman–Crippen MR) is 133 cm³/mol. The molecule has 2 fully saturated rings. The van der Waals surface area contributed by atoms with Crippen LogP contribution in [-0.4, -0.2) is 64.2 Å². The van der Waals surface area contributed by atoms with Crippen LogP contribution >= 0.6 is 0 Å².